The zero-order chi connectivity index (χ0) is 19.5. The van der Waals surface area contributed by atoms with Gasteiger partial charge in [0.2, 0.25) is 5.89 Å². The van der Waals surface area contributed by atoms with Crippen molar-refractivity contribution < 1.29 is 13.9 Å². The highest BCUT2D eigenvalue weighted by molar-refractivity contribution is 6.30. The molecule has 0 saturated heterocycles. The smallest absolute Gasteiger partial charge is 0.262 e. The summed E-state index contributed by atoms with van der Waals surface area (Å²) in [7, 11) is 0. The molecule has 0 spiro atoms. The summed E-state index contributed by atoms with van der Waals surface area (Å²) in [4.78, 5) is 16.7. The number of anilines is 1. The summed E-state index contributed by atoms with van der Waals surface area (Å²) in [6.45, 7) is 1.93. The molecule has 3 aromatic carbocycles. The number of rotatable bonds is 5. The van der Waals surface area contributed by atoms with Crippen molar-refractivity contribution in [2.45, 2.75) is 6.92 Å². The third kappa shape index (κ3) is 4.15. The van der Waals surface area contributed by atoms with Gasteiger partial charge in [0.05, 0.1) is 0 Å². The van der Waals surface area contributed by atoms with Gasteiger partial charge in [-0.1, -0.05) is 29.3 Å². The van der Waals surface area contributed by atoms with E-state index in [2.05, 4.69) is 10.3 Å². The van der Waals surface area contributed by atoms with Crippen molar-refractivity contribution in [3.8, 4) is 17.2 Å². The van der Waals surface area contributed by atoms with Gasteiger partial charge in [0.15, 0.2) is 12.2 Å². The minimum absolute atomic E-state index is 0.104. The lowest BCUT2D eigenvalue weighted by Gasteiger charge is -2.07. The number of hydrogen-bond donors (Lipinski definition) is 1. The van der Waals surface area contributed by atoms with E-state index in [0.29, 0.717) is 33.4 Å². The van der Waals surface area contributed by atoms with Crippen LogP contribution in [-0.2, 0) is 4.79 Å². The summed E-state index contributed by atoms with van der Waals surface area (Å²) in [6.07, 6.45) is 0. The molecular weight excluding hydrogens is 376 g/mol. The lowest BCUT2D eigenvalue weighted by molar-refractivity contribution is -0.118. The molecule has 0 aliphatic carbocycles. The van der Waals surface area contributed by atoms with Crippen molar-refractivity contribution in [2.24, 2.45) is 0 Å². The average Bonchev–Trinajstić information content (AvgIpc) is 3.11. The predicted molar refractivity (Wildman–Crippen MR) is 110 cm³/mol. The van der Waals surface area contributed by atoms with E-state index in [9.17, 15) is 4.79 Å². The number of ether oxygens (including phenoxy) is 1. The number of nitrogens with zero attached hydrogens (tertiary/aromatic N) is 1. The van der Waals surface area contributed by atoms with Crippen LogP contribution in [0.4, 0.5) is 5.69 Å². The number of carbonyl (C=O) groups is 1. The Morgan fingerprint density at radius 2 is 1.82 bits per heavy atom. The van der Waals surface area contributed by atoms with Gasteiger partial charge < -0.3 is 14.5 Å². The maximum absolute atomic E-state index is 12.1. The summed E-state index contributed by atoms with van der Waals surface area (Å²) in [5.74, 6) is 0.857. The van der Waals surface area contributed by atoms with Crippen LogP contribution in [0.5, 0.6) is 5.75 Å². The Bertz CT molecular complexity index is 1120. The lowest BCUT2D eigenvalue weighted by atomic mass is 10.1. The van der Waals surface area contributed by atoms with E-state index in [1.165, 1.54) is 5.56 Å². The van der Waals surface area contributed by atoms with E-state index in [-0.39, 0.29) is 12.5 Å². The molecule has 0 fully saturated rings. The maximum Gasteiger partial charge on any atom is 0.262 e. The van der Waals surface area contributed by atoms with E-state index in [1.807, 2.05) is 31.2 Å². The average molecular weight is 393 g/mol. The molecule has 0 radical (unpaired) electrons. The predicted octanol–water partition coefficient (Wildman–Crippen LogP) is 5.47. The molecule has 0 bridgehead atoms. The monoisotopic (exact) mass is 392 g/mol. The number of benzene rings is 3. The van der Waals surface area contributed by atoms with E-state index in [0.717, 1.165) is 5.56 Å². The van der Waals surface area contributed by atoms with E-state index in [1.54, 1.807) is 42.5 Å². The summed E-state index contributed by atoms with van der Waals surface area (Å²) in [6, 6.07) is 20.1. The molecule has 1 heterocycles. The minimum atomic E-state index is -0.267. The molecule has 6 heteroatoms. The highest BCUT2D eigenvalue weighted by Crippen LogP contribution is 2.26. The molecule has 0 saturated carbocycles. The molecule has 4 rings (SSSR count). The Morgan fingerprint density at radius 3 is 2.57 bits per heavy atom. The van der Waals surface area contributed by atoms with Crippen LogP contribution in [-0.4, -0.2) is 17.5 Å². The van der Waals surface area contributed by atoms with Crippen LogP contribution >= 0.6 is 11.6 Å². The molecule has 0 unspecified atom stereocenters. The highest BCUT2D eigenvalue weighted by Gasteiger charge is 2.10. The molecule has 0 aliphatic heterocycles. The lowest BCUT2D eigenvalue weighted by Crippen LogP contribution is -2.20. The number of hydrogen-bond acceptors (Lipinski definition) is 4. The van der Waals surface area contributed by atoms with Gasteiger partial charge in [0.1, 0.15) is 11.3 Å². The third-order valence-corrected chi connectivity index (χ3v) is 4.41. The molecule has 1 aromatic heterocycles. The van der Waals surface area contributed by atoms with Gasteiger partial charge >= 0.3 is 0 Å². The highest BCUT2D eigenvalue weighted by atomic mass is 35.5. The van der Waals surface area contributed by atoms with E-state index < -0.39 is 0 Å². The van der Waals surface area contributed by atoms with Gasteiger partial charge in [-0.2, -0.15) is 0 Å². The fourth-order valence-corrected chi connectivity index (χ4v) is 2.83. The molecule has 0 aliphatic rings. The third-order valence-electron chi connectivity index (χ3n) is 4.15. The second-order valence-electron chi connectivity index (χ2n) is 6.36. The first-order chi connectivity index (χ1) is 13.6. The summed E-state index contributed by atoms with van der Waals surface area (Å²) in [5, 5.41) is 3.41. The topological polar surface area (TPSA) is 64.4 Å². The quantitative estimate of drug-likeness (QED) is 0.488. The molecule has 140 valence electrons. The number of aryl methyl sites for hydroxylation is 1. The Hall–Kier alpha value is -3.31. The van der Waals surface area contributed by atoms with Gasteiger partial charge in [-0.3, -0.25) is 4.79 Å². The molecule has 1 N–H and O–H groups in total. The van der Waals surface area contributed by atoms with E-state index in [4.69, 9.17) is 20.8 Å². The molecule has 5 nitrogen and oxygen atoms in total. The summed E-state index contributed by atoms with van der Waals surface area (Å²) < 4.78 is 11.3. The van der Waals surface area contributed by atoms with Crippen molar-refractivity contribution in [1.82, 2.24) is 4.98 Å². The molecular formula is C22H17ClN2O3. The van der Waals surface area contributed by atoms with Gasteiger partial charge in [0.25, 0.3) is 5.91 Å². The van der Waals surface area contributed by atoms with Gasteiger partial charge in [-0.05, 0) is 61.5 Å². The van der Waals surface area contributed by atoms with Gasteiger partial charge in [0, 0.05) is 16.3 Å². The van der Waals surface area contributed by atoms with Gasteiger partial charge in [-0.15, -0.1) is 0 Å². The van der Waals surface area contributed by atoms with Crippen LogP contribution in [0.3, 0.4) is 0 Å². The van der Waals surface area contributed by atoms with Crippen molar-refractivity contribution in [3.05, 3.63) is 77.3 Å². The number of amides is 1. The molecule has 4 aromatic rings. The number of aromatic nitrogens is 1. The molecule has 28 heavy (non-hydrogen) atoms. The fraction of sp³-hybridized carbons (Fsp3) is 0.0909. The Morgan fingerprint density at radius 1 is 1.07 bits per heavy atom. The Kier molecular flexibility index (Phi) is 5.00. The molecule has 0 atom stereocenters. The van der Waals surface area contributed by atoms with Crippen LogP contribution in [0, 0.1) is 6.92 Å². The van der Waals surface area contributed by atoms with Gasteiger partial charge in [-0.25, -0.2) is 4.98 Å². The van der Waals surface area contributed by atoms with Crippen LogP contribution in [0.2, 0.25) is 5.02 Å². The van der Waals surface area contributed by atoms with Crippen molar-refractivity contribution >= 4 is 34.3 Å². The number of oxazole rings is 1. The summed E-state index contributed by atoms with van der Waals surface area (Å²) >= 11 is 5.83. The molecule has 1 amide bonds. The zero-order valence-corrected chi connectivity index (χ0v) is 15.9. The van der Waals surface area contributed by atoms with Crippen molar-refractivity contribution in [1.29, 1.82) is 0 Å². The Balaban J connectivity index is 1.44. The zero-order valence-electron chi connectivity index (χ0n) is 15.1. The van der Waals surface area contributed by atoms with Crippen LogP contribution in [0.25, 0.3) is 22.6 Å². The number of halogens is 1. The normalized spacial score (nSPS) is 10.8. The number of fused-ring (bicyclic) bond motifs is 1. The Labute approximate surface area is 166 Å². The SMILES string of the molecule is Cc1ccc(-c2nc3cc(NC(=O)COc4ccc(Cl)cc4)ccc3o2)cc1. The van der Waals surface area contributed by atoms with Crippen LogP contribution in [0.1, 0.15) is 5.56 Å². The van der Waals surface area contributed by atoms with Crippen molar-refractivity contribution in [2.75, 3.05) is 11.9 Å². The first kappa shape index (κ1) is 18.1. The van der Waals surface area contributed by atoms with E-state index >= 15 is 0 Å². The number of nitrogens with one attached hydrogen (secondary N) is 1. The second-order valence-corrected chi connectivity index (χ2v) is 6.79. The minimum Gasteiger partial charge on any atom is -0.484 e. The van der Waals surface area contributed by atoms with Crippen molar-refractivity contribution in [3.63, 3.8) is 0 Å². The standard InChI is InChI=1S/C22H17ClN2O3/c1-14-2-4-15(5-3-14)22-25-19-12-17(8-11-20(19)28-22)24-21(26)13-27-18-9-6-16(23)7-10-18/h2-12H,13H2,1H3,(H,24,26). The fourth-order valence-electron chi connectivity index (χ4n) is 2.70. The number of carbonyl (C=O) groups excluding carboxylic acids is 1. The van der Waals surface area contributed by atoms with Crippen LogP contribution in [0.15, 0.2) is 71.1 Å². The maximum atomic E-state index is 12.1. The largest absolute Gasteiger partial charge is 0.484 e. The summed E-state index contributed by atoms with van der Waals surface area (Å²) in [5.41, 5.74) is 4.04. The van der Waals surface area contributed by atoms with Crippen LogP contribution < -0.4 is 10.1 Å². The first-order valence-electron chi connectivity index (χ1n) is 8.73. The first-order valence-corrected chi connectivity index (χ1v) is 9.10. The second kappa shape index (κ2) is 7.74.